The third-order valence-corrected chi connectivity index (χ3v) is 5.02. The second kappa shape index (κ2) is 6.89. The molecule has 0 radical (unpaired) electrons. The Labute approximate surface area is 126 Å². The maximum atomic E-state index is 4.18. The van der Waals surface area contributed by atoms with E-state index in [1.807, 2.05) is 16.4 Å². The van der Waals surface area contributed by atoms with Crippen molar-refractivity contribution >= 4 is 11.8 Å². The number of tetrazole rings is 1. The van der Waals surface area contributed by atoms with E-state index in [9.17, 15) is 0 Å². The molecule has 1 saturated carbocycles. The van der Waals surface area contributed by atoms with Crippen LogP contribution in [0.5, 0.6) is 0 Å². The molecule has 0 aliphatic heterocycles. The van der Waals surface area contributed by atoms with E-state index in [0.717, 1.165) is 24.2 Å². The molecule has 1 heterocycles. The van der Waals surface area contributed by atoms with Gasteiger partial charge >= 0.3 is 0 Å². The van der Waals surface area contributed by atoms with E-state index >= 15 is 0 Å². The topological polar surface area (TPSA) is 55.6 Å². The molecule has 0 aromatic carbocycles. The molecule has 0 atom stereocenters. The molecule has 1 aliphatic carbocycles. The van der Waals surface area contributed by atoms with Gasteiger partial charge in [0.1, 0.15) is 0 Å². The quantitative estimate of drug-likeness (QED) is 0.905. The van der Waals surface area contributed by atoms with Crippen molar-refractivity contribution in [3.05, 3.63) is 0 Å². The summed E-state index contributed by atoms with van der Waals surface area (Å²) >= 11 is 1.86. The van der Waals surface area contributed by atoms with Crippen molar-refractivity contribution in [1.82, 2.24) is 25.5 Å². The predicted octanol–water partition coefficient (Wildman–Crippen LogP) is 2.73. The fraction of sp³-hybridized carbons (Fsp3) is 0.929. The summed E-state index contributed by atoms with van der Waals surface area (Å²) in [7, 11) is 0. The predicted molar refractivity (Wildman–Crippen MR) is 82.8 cm³/mol. The zero-order valence-corrected chi connectivity index (χ0v) is 13.9. The van der Waals surface area contributed by atoms with Gasteiger partial charge < -0.3 is 5.32 Å². The van der Waals surface area contributed by atoms with Crippen molar-refractivity contribution in [3.63, 3.8) is 0 Å². The zero-order valence-electron chi connectivity index (χ0n) is 13.1. The fourth-order valence-electron chi connectivity index (χ4n) is 2.45. The Bertz CT molecular complexity index is 404. The molecular weight excluding hydrogens is 270 g/mol. The number of aromatic nitrogens is 4. The molecule has 0 spiro atoms. The Kier molecular flexibility index (Phi) is 5.43. The minimum absolute atomic E-state index is 0.140. The molecule has 0 amide bonds. The SMILES string of the molecule is CC1CCC(Sc2nnnn2CCNC(C)(C)C)CC1. The molecule has 1 aromatic heterocycles. The van der Waals surface area contributed by atoms with E-state index in [4.69, 9.17) is 0 Å². The lowest BCUT2D eigenvalue weighted by atomic mass is 9.91. The second-order valence-electron chi connectivity index (χ2n) is 6.86. The molecule has 5 nitrogen and oxygen atoms in total. The first-order valence-electron chi connectivity index (χ1n) is 7.62. The molecule has 1 aromatic rings. The number of thioether (sulfide) groups is 1. The second-order valence-corrected chi connectivity index (χ2v) is 8.13. The molecule has 0 saturated heterocycles. The van der Waals surface area contributed by atoms with Crippen LogP contribution in [-0.2, 0) is 6.54 Å². The van der Waals surface area contributed by atoms with E-state index in [1.54, 1.807) is 0 Å². The minimum atomic E-state index is 0.140. The van der Waals surface area contributed by atoms with Crippen LogP contribution in [-0.4, -0.2) is 37.5 Å². The number of rotatable bonds is 5. The van der Waals surface area contributed by atoms with Gasteiger partial charge in [0.25, 0.3) is 0 Å². The molecule has 0 unspecified atom stereocenters. The summed E-state index contributed by atoms with van der Waals surface area (Å²) in [6, 6.07) is 0. The Morgan fingerprint density at radius 1 is 1.25 bits per heavy atom. The molecule has 2 rings (SSSR count). The van der Waals surface area contributed by atoms with Crippen molar-refractivity contribution in [2.75, 3.05) is 6.54 Å². The van der Waals surface area contributed by atoms with E-state index in [-0.39, 0.29) is 5.54 Å². The van der Waals surface area contributed by atoms with Gasteiger partial charge in [0.05, 0.1) is 6.54 Å². The van der Waals surface area contributed by atoms with Crippen LogP contribution in [0.1, 0.15) is 53.4 Å². The number of hydrogen-bond acceptors (Lipinski definition) is 5. The maximum absolute atomic E-state index is 4.18. The summed E-state index contributed by atoms with van der Waals surface area (Å²) in [5.74, 6) is 0.888. The van der Waals surface area contributed by atoms with E-state index in [2.05, 4.69) is 48.5 Å². The average Bonchev–Trinajstić information content (AvgIpc) is 2.78. The smallest absolute Gasteiger partial charge is 0.209 e. The summed E-state index contributed by atoms with van der Waals surface area (Å²) in [5, 5.41) is 17.3. The Hall–Kier alpha value is -0.620. The highest BCUT2D eigenvalue weighted by Crippen LogP contribution is 2.34. The van der Waals surface area contributed by atoms with Gasteiger partial charge in [0, 0.05) is 17.3 Å². The molecule has 0 bridgehead atoms. The van der Waals surface area contributed by atoms with E-state index < -0.39 is 0 Å². The van der Waals surface area contributed by atoms with Gasteiger partial charge in [0.2, 0.25) is 5.16 Å². The van der Waals surface area contributed by atoms with Crippen LogP contribution in [0.3, 0.4) is 0 Å². The average molecular weight is 297 g/mol. The lowest BCUT2D eigenvalue weighted by Crippen LogP contribution is -2.38. The minimum Gasteiger partial charge on any atom is -0.310 e. The molecule has 1 N–H and O–H groups in total. The van der Waals surface area contributed by atoms with Gasteiger partial charge in [-0.1, -0.05) is 18.7 Å². The first-order chi connectivity index (χ1) is 9.44. The molecule has 1 fully saturated rings. The van der Waals surface area contributed by atoms with Gasteiger partial charge in [0.15, 0.2) is 0 Å². The van der Waals surface area contributed by atoms with E-state index in [1.165, 1.54) is 25.7 Å². The first kappa shape index (κ1) is 15.8. The van der Waals surface area contributed by atoms with Crippen molar-refractivity contribution in [1.29, 1.82) is 0 Å². The van der Waals surface area contributed by atoms with Crippen LogP contribution in [0.4, 0.5) is 0 Å². The Balaban J connectivity index is 1.82. The third-order valence-electron chi connectivity index (χ3n) is 3.71. The van der Waals surface area contributed by atoms with Crippen LogP contribution in [0, 0.1) is 5.92 Å². The lowest BCUT2D eigenvalue weighted by molar-refractivity contribution is 0.389. The van der Waals surface area contributed by atoms with Gasteiger partial charge in [-0.2, -0.15) is 0 Å². The fourth-order valence-corrected chi connectivity index (χ4v) is 3.59. The van der Waals surface area contributed by atoms with Crippen molar-refractivity contribution < 1.29 is 0 Å². The summed E-state index contributed by atoms with van der Waals surface area (Å²) in [6.45, 7) is 10.6. The van der Waals surface area contributed by atoms with Crippen molar-refractivity contribution in [2.45, 2.75) is 75.9 Å². The first-order valence-corrected chi connectivity index (χ1v) is 8.50. The van der Waals surface area contributed by atoms with Crippen LogP contribution >= 0.6 is 11.8 Å². The molecule has 6 heteroatoms. The maximum Gasteiger partial charge on any atom is 0.209 e. The number of hydrogen-bond donors (Lipinski definition) is 1. The highest BCUT2D eigenvalue weighted by Gasteiger charge is 2.21. The monoisotopic (exact) mass is 297 g/mol. The van der Waals surface area contributed by atoms with Gasteiger partial charge in [-0.15, -0.1) is 5.10 Å². The molecule has 20 heavy (non-hydrogen) atoms. The normalized spacial score (nSPS) is 24.0. The highest BCUT2D eigenvalue weighted by molar-refractivity contribution is 7.99. The van der Waals surface area contributed by atoms with Crippen LogP contribution < -0.4 is 5.32 Å². The van der Waals surface area contributed by atoms with Crippen molar-refractivity contribution in [2.24, 2.45) is 5.92 Å². The van der Waals surface area contributed by atoms with Crippen LogP contribution in [0.15, 0.2) is 5.16 Å². The van der Waals surface area contributed by atoms with Gasteiger partial charge in [-0.3, -0.25) is 0 Å². The van der Waals surface area contributed by atoms with E-state index in [0.29, 0.717) is 5.25 Å². The summed E-state index contributed by atoms with van der Waals surface area (Å²) in [6.07, 6.45) is 5.26. The van der Waals surface area contributed by atoms with Crippen LogP contribution in [0.2, 0.25) is 0 Å². The summed E-state index contributed by atoms with van der Waals surface area (Å²) < 4.78 is 1.93. The Morgan fingerprint density at radius 2 is 1.95 bits per heavy atom. The Morgan fingerprint density at radius 3 is 2.60 bits per heavy atom. The third kappa shape index (κ3) is 5.05. The molecule has 114 valence electrons. The summed E-state index contributed by atoms with van der Waals surface area (Å²) in [4.78, 5) is 0. The molecule has 1 aliphatic rings. The zero-order chi connectivity index (χ0) is 14.6. The van der Waals surface area contributed by atoms with Crippen molar-refractivity contribution in [3.8, 4) is 0 Å². The van der Waals surface area contributed by atoms with Crippen LogP contribution in [0.25, 0.3) is 0 Å². The highest BCUT2D eigenvalue weighted by atomic mass is 32.2. The lowest BCUT2D eigenvalue weighted by Gasteiger charge is -2.25. The summed E-state index contributed by atoms with van der Waals surface area (Å²) in [5.41, 5.74) is 0.140. The van der Waals surface area contributed by atoms with Gasteiger partial charge in [-0.05, 0) is 62.8 Å². The number of nitrogens with one attached hydrogen (secondary N) is 1. The number of nitrogens with zero attached hydrogens (tertiary/aromatic N) is 4. The largest absolute Gasteiger partial charge is 0.310 e. The standard InChI is InChI=1S/C14H27N5S/c1-11-5-7-12(8-6-11)20-13-16-17-18-19(13)10-9-15-14(2,3)4/h11-12,15H,5-10H2,1-4H3. The van der Waals surface area contributed by atoms with Gasteiger partial charge in [-0.25, -0.2) is 4.68 Å². The molecular formula is C14H27N5S.